The molecule has 0 spiro atoms. The monoisotopic (exact) mass is 605 g/mol. The van der Waals surface area contributed by atoms with Crippen molar-refractivity contribution in [2.45, 2.75) is 50.8 Å². The van der Waals surface area contributed by atoms with Crippen LogP contribution in [0.25, 0.3) is 11.1 Å². The number of hydrogen-bond acceptors (Lipinski definition) is 4. The molecule has 2 aromatic carbocycles. The van der Waals surface area contributed by atoms with E-state index in [1.165, 1.54) is 28.8 Å². The summed E-state index contributed by atoms with van der Waals surface area (Å²) >= 11 is -2.29. The minimum absolute atomic E-state index is 0.00272. The van der Waals surface area contributed by atoms with Gasteiger partial charge in [0, 0.05) is 48.6 Å². The number of ketones is 1. The van der Waals surface area contributed by atoms with Crippen LogP contribution in [0.1, 0.15) is 66.7 Å². The lowest BCUT2D eigenvalue weighted by molar-refractivity contribution is 0.103. The molecule has 0 radical (unpaired) electrons. The molecule has 1 saturated carbocycles. The maximum absolute atomic E-state index is 15.4. The van der Waals surface area contributed by atoms with Gasteiger partial charge in [-0.05, 0) is 99.0 Å². The molecular weight excluding hydrogens is 572 g/mol. The highest BCUT2D eigenvalue weighted by Gasteiger charge is 2.37. The molecule has 1 aliphatic rings. The van der Waals surface area contributed by atoms with Gasteiger partial charge < -0.3 is 4.57 Å². The Kier molecular flexibility index (Phi) is 9.49. The van der Waals surface area contributed by atoms with Crippen LogP contribution in [0.15, 0.2) is 53.5 Å². The number of carbonyl (C=O) groups excluding carboxylic acids is 1. The maximum atomic E-state index is 15.4. The van der Waals surface area contributed by atoms with Gasteiger partial charge in [-0.15, -0.1) is 0 Å². The van der Waals surface area contributed by atoms with E-state index in [1.807, 2.05) is 20.8 Å². The SMILES string of the molecule is Cn1cc(-c2cc(CCNS(=O)O)c(F)cc2C(=O)c2ccc(F)cc2)c([C@@H](NS(=O)C(C)(C)C)C2CC2)cc1=O. The van der Waals surface area contributed by atoms with Gasteiger partial charge in [0.1, 0.15) is 11.6 Å². The van der Waals surface area contributed by atoms with Crippen LogP contribution in [0.2, 0.25) is 0 Å². The summed E-state index contributed by atoms with van der Waals surface area (Å²) in [6, 6.07) is 8.51. The second-order valence-electron chi connectivity index (χ2n) is 11.1. The van der Waals surface area contributed by atoms with E-state index in [4.69, 9.17) is 4.55 Å². The summed E-state index contributed by atoms with van der Waals surface area (Å²) in [6.45, 7) is 5.50. The normalized spacial score (nSPS) is 15.9. The third-order valence-corrected chi connectivity index (χ3v) is 8.96. The predicted octanol–water partition coefficient (Wildman–Crippen LogP) is 4.33. The van der Waals surface area contributed by atoms with E-state index in [2.05, 4.69) is 9.44 Å². The first-order valence-electron chi connectivity index (χ1n) is 13.1. The van der Waals surface area contributed by atoms with Crippen LogP contribution < -0.4 is 15.0 Å². The van der Waals surface area contributed by atoms with E-state index in [9.17, 15) is 22.4 Å². The fraction of sp³-hybridized carbons (Fsp3) is 0.379. The van der Waals surface area contributed by atoms with Crippen LogP contribution in [0.3, 0.4) is 0 Å². The molecule has 3 N–H and O–H groups in total. The third-order valence-electron chi connectivity index (χ3n) is 6.93. The average Bonchev–Trinajstić information content (AvgIpc) is 3.74. The molecule has 0 saturated heterocycles. The first-order chi connectivity index (χ1) is 19.3. The van der Waals surface area contributed by atoms with Gasteiger partial charge in [0.25, 0.3) is 5.56 Å². The van der Waals surface area contributed by atoms with Crippen molar-refractivity contribution in [1.29, 1.82) is 0 Å². The number of halogens is 2. The van der Waals surface area contributed by atoms with Gasteiger partial charge in [-0.2, -0.15) is 0 Å². The zero-order valence-electron chi connectivity index (χ0n) is 23.2. The summed E-state index contributed by atoms with van der Waals surface area (Å²) in [4.78, 5) is 26.6. The Morgan fingerprint density at radius 3 is 2.34 bits per heavy atom. The highest BCUT2D eigenvalue weighted by atomic mass is 32.2. The molecular formula is C29H33F2N3O5S2. The van der Waals surface area contributed by atoms with Crippen LogP contribution in [-0.2, 0) is 35.7 Å². The summed E-state index contributed by atoms with van der Waals surface area (Å²) < 4.78 is 68.6. The predicted molar refractivity (Wildman–Crippen MR) is 156 cm³/mol. The molecule has 41 heavy (non-hydrogen) atoms. The standard InChI is InChI=1S/C29H33F2N3O5S2/c1-29(2,3)40(37)33-27(17-5-6-17)22-15-26(35)34(4)16-24(22)21-13-19(11-12-32-41(38)39)25(31)14-23(21)28(36)18-7-9-20(30)10-8-18/h7-10,13-17,27,32-33H,5-6,11-12H2,1-4H3,(H,38,39)/t27-,40?/m0/s1. The summed E-state index contributed by atoms with van der Waals surface area (Å²) in [5.41, 5.74) is 1.38. The highest BCUT2D eigenvalue weighted by Crippen LogP contribution is 2.45. The van der Waals surface area contributed by atoms with E-state index in [0.717, 1.165) is 31.0 Å². The number of nitrogens with one attached hydrogen (secondary N) is 2. The van der Waals surface area contributed by atoms with Crippen molar-refractivity contribution < 1.29 is 26.5 Å². The maximum Gasteiger partial charge on any atom is 0.250 e. The number of aryl methyl sites for hydroxylation is 1. The van der Waals surface area contributed by atoms with Gasteiger partial charge in [-0.25, -0.2) is 26.6 Å². The quantitative estimate of drug-likeness (QED) is 0.222. The first-order valence-corrected chi connectivity index (χ1v) is 15.4. The fourth-order valence-electron chi connectivity index (χ4n) is 4.51. The van der Waals surface area contributed by atoms with Crippen molar-refractivity contribution in [3.63, 3.8) is 0 Å². The van der Waals surface area contributed by atoms with Crippen molar-refractivity contribution in [3.8, 4) is 11.1 Å². The van der Waals surface area contributed by atoms with Crippen molar-refractivity contribution in [1.82, 2.24) is 14.0 Å². The fourth-order valence-corrected chi connectivity index (χ4v) is 5.69. The molecule has 0 bridgehead atoms. The number of carbonyl (C=O) groups is 1. The number of hydrogen-bond donors (Lipinski definition) is 3. The van der Waals surface area contributed by atoms with Gasteiger partial charge in [-0.3, -0.25) is 14.1 Å². The zero-order chi connectivity index (χ0) is 30.1. The number of nitrogens with zero attached hydrogens (tertiary/aromatic N) is 1. The number of benzene rings is 2. The number of rotatable bonds is 11. The third kappa shape index (κ3) is 7.49. The van der Waals surface area contributed by atoms with Gasteiger partial charge in [0.05, 0.1) is 15.7 Å². The van der Waals surface area contributed by atoms with Gasteiger partial charge in [0.2, 0.25) is 11.3 Å². The van der Waals surface area contributed by atoms with E-state index >= 15 is 4.39 Å². The lowest BCUT2D eigenvalue weighted by Crippen LogP contribution is -2.37. The van der Waals surface area contributed by atoms with Crippen LogP contribution >= 0.6 is 0 Å². The Balaban J connectivity index is 1.93. The lowest BCUT2D eigenvalue weighted by atomic mass is 9.87. The number of pyridine rings is 1. The largest absolute Gasteiger partial charge is 0.318 e. The second kappa shape index (κ2) is 12.5. The molecule has 3 aromatic rings. The Bertz CT molecular complexity index is 1560. The topological polar surface area (TPSA) is 118 Å². The highest BCUT2D eigenvalue weighted by molar-refractivity contribution is 7.84. The molecule has 12 heteroatoms. The van der Waals surface area contributed by atoms with E-state index in [-0.39, 0.29) is 41.1 Å². The van der Waals surface area contributed by atoms with Crippen molar-refractivity contribution in [2.24, 2.45) is 13.0 Å². The molecule has 3 atom stereocenters. The lowest BCUT2D eigenvalue weighted by Gasteiger charge is -2.27. The Morgan fingerprint density at radius 1 is 1.10 bits per heavy atom. The minimum Gasteiger partial charge on any atom is -0.318 e. The molecule has 2 unspecified atom stereocenters. The van der Waals surface area contributed by atoms with Gasteiger partial charge >= 0.3 is 0 Å². The van der Waals surface area contributed by atoms with Crippen LogP contribution in [-0.4, -0.2) is 34.6 Å². The molecule has 0 amide bonds. The Morgan fingerprint density at radius 2 is 1.76 bits per heavy atom. The van der Waals surface area contributed by atoms with Crippen molar-refractivity contribution in [2.75, 3.05) is 6.54 Å². The number of aromatic nitrogens is 1. The summed E-state index contributed by atoms with van der Waals surface area (Å²) in [7, 11) is 0.0942. The summed E-state index contributed by atoms with van der Waals surface area (Å²) in [6.07, 6.45) is 3.32. The smallest absolute Gasteiger partial charge is 0.250 e. The molecule has 220 valence electrons. The van der Waals surface area contributed by atoms with Crippen molar-refractivity contribution in [3.05, 3.63) is 92.9 Å². The molecule has 1 aromatic heterocycles. The van der Waals surface area contributed by atoms with E-state index in [1.54, 1.807) is 13.2 Å². The molecule has 4 rings (SSSR count). The van der Waals surface area contributed by atoms with Crippen LogP contribution in [0.5, 0.6) is 0 Å². The minimum atomic E-state index is -2.29. The van der Waals surface area contributed by atoms with E-state index in [0.29, 0.717) is 16.7 Å². The molecule has 1 fully saturated rings. The van der Waals surface area contributed by atoms with E-state index < -0.39 is 50.5 Å². The summed E-state index contributed by atoms with van der Waals surface area (Å²) in [5.74, 6) is -1.66. The molecule has 1 aliphatic carbocycles. The van der Waals surface area contributed by atoms with Gasteiger partial charge in [0.15, 0.2) is 5.78 Å². The van der Waals surface area contributed by atoms with Gasteiger partial charge in [-0.1, -0.05) is 0 Å². The Hall–Kier alpha value is -2.90. The molecule has 8 nitrogen and oxygen atoms in total. The van der Waals surface area contributed by atoms with Crippen LogP contribution in [0, 0.1) is 17.6 Å². The van der Waals surface area contributed by atoms with Crippen LogP contribution in [0.4, 0.5) is 8.78 Å². The molecule has 0 aliphatic heterocycles. The average molecular weight is 606 g/mol. The molecule has 1 heterocycles. The zero-order valence-corrected chi connectivity index (χ0v) is 24.8. The summed E-state index contributed by atoms with van der Waals surface area (Å²) in [5, 5.41) is 0. The van der Waals surface area contributed by atoms with Crippen molar-refractivity contribution >= 4 is 28.0 Å². The second-order valence-corrected chi connectivity index (χ2v) is 13.9. The first kappa shape index (κ1) is 31.0. The Labute approximate surface area is 242 Å².